The number of rotatable bonds is 4. The molecule has 2 aromatic rings. The molecule has 1 aliphatic heterocycles. The Morgan fingerprint density at radius 3 is 2.82 bits per heavy atom. The highest BCUT2D eigenvalue weighted by molar-refractivity contribution is 7.99. The Hall–Kier alpha value is -1.46. The second-order valence-corrected chi connectivity index (χ2v) is 7.08. The average Bonchev–Trinajstić information content (AvgIpc) is 2.92. The van der Waals surface area contributed by atoms with Crippen LogP contribution in [0, 0.1) is 0 Å². The lowest BCUT2D eigenvalue weighted by molar-refractivity contribution is 0.0310. The molecule has 2 N–H and O–H groups in total. The van der Waals surface area contributed by atoms with Crippen LogP contribution in [0.5, 0.6) is 0 Å². The van der Waals surface area contributed by atoms with Crippen LogP contribution in [0.25, 0.3) is 10.9 Å². The smallest absolute Gasteiger partial charge is 0.268 e. The lowest BCUT2D eigenvalue weighted by Gasteiger charge is -2.31. The van der Waals surface area contributed by atoms with Crippen LogP contribution in [0.4, 0.5) is 0 Å². The molecule has 0 spiro atoms. The van der Waals surface area contributed by atoms with Crippen molar-refractivity contribution in [2.75, 3.05) is 18.1 Å². The zero-order valence-corrected chi connectivity index (χ0v) is 13.7. The molecule has 0 atom stereocenters. The van der Waals surface area contributed by atoms with Crippen LogP contribution in [-0.2, 0) is 6.54 Å². The van der Waals surface area contributed by atoms with E-state index < -0.39 is 5.60 Å². The maximum Gasteiger partial charge on any atom is 0.268 e. The molecule has 1 amide bonds. The largest absolute Gasteiger partial charge is 0.388 e. The van der Waals surface area contributed by atoms with Crippen LogP contribution in [-0.4, -0.2) is 39.2 Å². The Morgan fingerprint density at radius 2 is 2.09 bits per heavy atom. The Labute approximate surface area is 134 Å². The van der Waals surface area contributed by atoms with Gasteiger partial charge in [-0.3, -0.25) is 4.79 Å². The van der Waals surface area contributed by atoms with E-state index in [1.807, 2.05) is 53.6 Å². The molecule has 1 aromatic heterocycles. The third-order valence-electron chi connectivity index (χ3n) is 4.36. The Kier molecular flexibility index (Phi) is 4.45. The molecular formula is C17H22N2O2S. The summed E-state index contributed by atoms with van der Waals surface area (Å²) in [7, 11) is 0. The summed E-state index contributed by atoms with van der Waals surface area (Å²) in [4.78, 5) is 12.5. The van der Waals surface area contributed by atoms with Crippen LogP contribution in [0.2, 0.25) is 0 Å². The number of hydrogen-bond acceptors (Lipinski definition) is 3. The van der Waals surface area contributed by atoms with E-state index >= 15 is 0 Å². The van der Waals surface area contributed by atoms with Crippen LogP contribution in [0.15, 0.2) is 30.3 Å². The van der Waals surface area contributed by atoms with Crippen LogP contribution in [0.1, 0.15) is 30.3 Å². The number of fused-ring (bicyclic) bond motifs is 1. The number of hydrogen-bond donors (Lipinski definition) is 2. The van der Waals surface area contributed by atoms with Crippen molar-refractivity contribution >= 4 is 28.6 Å². The fourth-order valence-electron chi connectivity index (χ4n) is 3.00. The average molecular weight is 318 g/mol. The van der Waals surface area contributed by atoms with E-state index in [1.54, 1.807) is 0 Å². The maximum absolute atomic E-state index is 12.5. The fourth-order valence-corrected chi connectivity index (χ4v) is 4.26. The number of benzene rings is 1. The molecule has 22 heavy (non-hydrogen) atoms. The van der Waals surface area contributed by atoms with Gasteiger partial charge >= 0.3 is 0 Å². The molecule has 0 radical (unpaired) electrons. The van der Waals surface area contributed by atoms with Gasteiger partial charge in [-0.05, 0) is 43.4 Å². The number of carbonyl (C=O) groups excluding carboxylic acids is 1. The Morgan fingerprint density at radius 1 is 1.36 bits per heavy atom. The molecule has 118 valence electrons. The molecule has 1 aromatic carbocycles. The van der Waals surface area contributed by atoms with Gasteiger partial charge in [-0.25, -0.2) is 0 Å². The van der Waals surface area contributed by atoms with Crippen LogP contribution >= 0.6 is 11.8 Å². The Balaban J connectivity index is 1.77. The monoisotopic (exact) mass is 318 g/mol. The van der Waals surface area contributed by atoms with E-state index in [1.165, 1.54) is 0 Å². The summed E-state index contributed by atoms with van der Waals surface area (Å²) < 4.78 is 2.02. The Bertz CT molecular complexity index is 674. The van der Waals surface area contributed by atoms with E-state index in [9.17, 15) is 9.90 Å². The van der Waals surface area contributed by atoms with Crippen molar-refractivity contribution in [3.05, 3.63) is 36.0 Å². The highest BCUT2D eigenvalue weighted by Gasteiger charge is 2.30. The molecule has 1 saturated heterocycles. The van der Waals surface area contributed by atoms with E-state index in [-0.39, 0.29) is 5.91 Å². The molecule has 4 nitrogen and oxygen atoms in total. The molecule has 0 unspecified atom stereocenters. The van der Waals surface area contributed by atoms with Gasteiger partial charge in [0, 0.05) is 24.0 Å². The summed E-state index contributed by atoms with van der Waals surface area (Å²) in [6.45, 7) is 3.12. The quantitative estimate of drug-likeness (QED) is 0.911. The van der Waals surface area contributed by atoms with Gasteiger partial charge in [0.2, 0.25) is 0 Å². The van der Waals surface area contributed by atoms with Crippen molar-refractivity contribution in [3.63, 3.8) is 0 Å². The van der Waals surface area contributed by atoms with Crippen molar-refractivity contribution in [3.8, 4) is 0 Å². The molecule has 3 rings (SSSR count). The number of aliphatic hydroxyl groups is 1. The van der Waals surface area contributed by atoms with E-state index in [4.69, 9.17) is 0 Å². The lowest BCUT2D eigenvalue weighted by Crippen LogP contribution is -2.45. The number of para-hydroxylation sites is 1. The van der Waals surface area contributed by atoms with Crippen molar-refractivity contribution in [2.24, 2.45) is 0 Å². The van der Waals surface area contributed by atoms with Gasteiger partial charge in [0.15, 0.2) is 0 Å². The standard InChI is InChI=1S/C17H22N2O2S/c1-2-19-14-6-4-3-5-13(14)11-15(19)16(20)18-12-17(21)7-9-22-10-8-17/h3-6,11,21H,2,7-10,12H2,1H3,(H,18,20). The minimum atomic E-state index is -0.746. The molecule has 0 saturated carbocycles. The van der Waals surface area contributed by atoms with Gasteiger partial charge in [0.25, 0.3) is 5.91 Å². The normalized spacial score (nSPS) is 17.5. The predicted molar refractivity (Wildman–Crippen MR) is 91.5 cm³/mol. The molecule has 0 bridgehead atoms. The summed E-state index contributed by atoms with van der Waals surface area (Å²) >= 11 is 1.86. The maximum atomic E-state index is 12.5. The van der Waals surface area contributed by atoms with Crippen molar-refractivity contribution < 1.29 is 9.90 Å². The molecule has 1 aliphatic rings. The third-order valence-corrected chi connectivity index (χ3v) is 5.35. The first-order chi connectivity index (χ1) is 10.6. The third kappa shape index (κ3) is 3.01. The summed E-state index contributed by atoms with van der Waals surface area (Å²) in [5, 5.41) is 14.5. The predicted octanol–water partition coefficient (Wildman–Crippen LogP) is 2.65. The van der Waals surface area contributed by atoms with Gasteiger partial charge in [-0.15, -0.1) is 0 Å². The molecular weight excluding hydrogens is 296 g/mol. The minimum Gasteiger partial charge on any atom is -0.388 e. The van der Waals surface area contributed by atoms with E-state index in [2.05, 4.69) is 5.32 Å². The number of amides is 1. The van der Waals surface area contributed by atoms with Crippen molar-refractivity contribution in [1.82, 2.24) is 9.88 Å². The zero-order chi connectivity index (χ0) is 15.6. The van der Waals surface area contributed by atoms with E-state index in [0.717, 1.165) is 41.8 Å². The van der Waals surface area contributed by atoms with Crippen molar-refractivity contribution in [1.29, 1.82) is 0 Å². The summed E-state index contributed by atoms with van der Waals surface area (Å²) in [5.74, 6) is 1.81. The van der Waals surface area contributed by atoms with E-state index in [0.29, 0.717) is 12.2 Å². The van der Waals surface area contributed by atoms with Gasteiger partial charge in [0.05, 0.1) is 5.60 Å². The first-order valence-electron chi connectivity index (χ1n) is 7.79. The molecule has 0 aliphatic carbocycles. The zero-order valence-electron chi connectivity index (χ0n) is 12.8. The second kappa shape index (κ2) is 6.34. The summed E-state index contributed by atoms with van der Waals surface area (Å²) in [5.41, 5.74) is 0.990. The SMILES string of the molecule is CCn1c(C(=O)NCC2(O)CCSCC2)cc2ccccc21. The van der Waals surface area contributed by atoms with Crippen molar-refractivity contribution in [2.45, 2.75) is 31.9 Å². The van der Waals surface area contributed by atoms with Crippen LogP contribution < -0.4 is 5.32 Å². The molecule has 5 heteroatoms. The fraction of sp³-hybridized carbons (Fsp3) is 0.471. The lowest BCUT2D eigenvalue weighted by atomic mass is 9.97. The van der Waals surface area contributed by atoms with Crippen LogP contribution in [0.3, 0.4) is 0 Å². The number of aromatic nitrogens is 1. The number of nitrogens with one attached hydrogen (secondary N) is 1. The first kappa shape index (κ1) is 15.4. The summed E-state index contributed by atoms with van der Waals surface area (Å²) in [6.07, 6.45) is 1.49. The number of thioether (sulfide) groups is 1. The highest BCUT2D eigenvalue weighted by Crippen LogP contribution is 2.26. The highest BCUT2D eigenvalue weighted by atomic mass is 32.2. The molecule has 1 fully saturated rings. The number of carbonyl (C=O) groups is 1. The number of nitrogens with zero attached hydrogens (tertiary/aromatic N) is 1. The molecule has 2 heterocycles. The first-order valence-corrected chi connectivity index (χ1v) is 8.95. The minimum absolute atomic E-state index is 0.107. The van der Waals surface area contributed by atoms with Gasteiger partial charge in [-0.1, -0.05) is 18.2 Å². The van der Waals surface area contributed by atoms with Gasteiger partial charge in [0.1, 0.15) is 5.69 Å². The summed E-state index contributed by atoms with van der Waals surface area (Å²) in [6, 6.07) is 9.94. The van der Waals surface area contributed by atoms with Gasteiger partial charge in [-0.2, -0.15) is 11.8 Å². The second-order valence-electron chi connectivity index (χ2n) is 5.85. The van der Waals surface area contributed by atoms with Gasteiger partial charge < -0.3 is 15.0 Å². The topological polar surface area (TPSA) is 54.3 Å². The number of aryl methyl sites for hydroxylation is 1.